The summed E-state index contributed by atoms with van der Waals surface area (Å²) in [5.41, 5.74) is -4.18. The van der Waals surface area contributed by atoms with E-state index in [0.717, 1.165) is 6.08 Å². The van der Waals surface area contributed by atoms with Crippen molar-refractivity contribution < 1.29 is 38.6 Å². The third-order valence-corrected chi connectivity index (χ3v) is 3.42. The van der Waals surface area contributed by atoms with Crippen LogP contribution in [-0.2, 0) is 19.1 Å². The summed E-state index contributed by atoms with van der Waals surface area (Å²) < 4.78 is 19.5. The molecule has 0 amide bonds. The highest BCUT2D eigenvalue weighted by Crippen LogP contribution is 2.30. The van der Waals surface area contributed by atoms with Gasteiger partial charge in [-0.3, -0.25) is 10.1 Å². The molecule has 10 nitrogen and oxygen atoms in total. The minimum Gasteiger partial charge on any atom is -0.493 e. The number of rotatable bonds is 9. The third kappa shape index (κ3) is 4.73. The summed E-state index contributed by atoms with van der Waals surface area (Å²) in [6.07, 6.45) is 0.857. The number of aliphatic hydroxyl groups is 1. The van der Waals surface area contributed by atoms with Crippen LogP contribution in [0.25, 0.3) is 6.08 Å². The van der Waals surface area contributed by atoms with Crippen LogP contribution in [0.2, 0.25) is 0 Å². The van der Waals surface area contributed by atoms with Crippen molar-refractivity contribution in [2.45, 2.75) is 19.4 Å². The largest absolute Gasteiger partial charge is 0.493 e. The number of hydrogen-bond acceptors (Lipinski definition) is 9. The minimum absolute atomic E-state index is 0.173. The van der Waals surface area contributed by atoms with E-state index in [1.165, 1.54) is 46.3 Å². The minimum atomic E-state index is -3.23. The Morgan fingerprint density at radius 2 is 1.63 bits per heavy atom. The van der Waals surface area contributed by atoms with Crippen LogP contribution in [0.15, 0.2) is 23.9 Å². The number of nitro groups is 1. The van der Waals surface area contributed by atoms with E-state index in [0.29, 0.717) is 5.75 Å². The molecule has 0 atom stereocenters. The van der Waals surface area contributed by atoms with Crippen LogP contribution in [0.1, 0.15) is 19.4 Å². The predicted octanol–water partition coefficient (Wildman–Crippen LogP) is 1.18. The molecule has 0 bridgehead atoms. The first-order chi connectivity index (χ1) is 12.8. The van der Waals surface area contributed by atoms with Crippen molar-refractivity contribution in [2.24, 2.45) is 0 Å². The summed E-state index contributed by atoms with van der Waals surface area (Å²) in [6.45, 7) is 2.44. The van der Waals surface area contributed by atoms with Crippen molar-refractivity contribution in [3.05, 3.63) is 39.6 Å². The first kappa shape index (κ1) is 21.9. The topological polar surface area (TPSA) is 134 Å². The van der Waals surface area contributed by atoms with Gasteiger partial charge in [0.2, 0.25) is 0 Å². The van der Waals surface area contributed by atoms with Crippen molar-refractivity contribution in [3.63, 3.8) is 0 Å². The highest BCUT2D eigenvalue weighted by Gasteiger charge is 2.58. The number of methoxy groups -OCH3 is 2. The zero-order chi connectivity index (χ0) is 20.6. The molecule has 0 heterocycles. The average Bonchev–Trinajstić information content (AvgIpc) is 2.65. The molecular weight excluding hydrogens is 362 g/mol. The molecule has 0 aliphatic rings. The summed E-state index contributed by atoms with van der Waals surface area (Å²) in [4.78, 5) is 34.9. The van der Waals surface area contributed by atoms with Gasteiger partial charge in [-0.1, -0.05) is 6.07 Å². The SMILES string of the molecule is CCOC(=O)C(O)(C(=O)OCC)/C(=C\c1ccc(OC)c(OC)c1)[N+](=O)[O-]. The van der Waals surface area contributed by atoms with Crippen molar-refractivity contribution in [3.8, 4) is 11.5 Å². The Morgan fingerprint density at radius 3 is 2.04 bits per heavy atom. The second-order valence-corrected chi connectivity index (χ2v) is 5.05. The molecule has 0 aliphatic carbocycles. The lowest BCUT2D eigenvalue weighted by atomic mass is 9.97. The van der Waals surface area contributed by atoms with E-state index in [9.17, 15) is 24.8 Å². The summed E-state index contributed by atoms with van der Waals surface area (Å²) in [5, 5.41) is 22.2. The lowest BCUT2D eigenvalue weighted by molar-refractivity contribution is -0.438. The Bertz CT molecular complexity index is 724. The van der Waals surface area contributed by atoms with Gasteiger partial charge in [0, 0.05) is 6.08 Å². The van der Waals surface area contributed by atoms with Crippen molar-refractivity contribution in [1.29, 1.82) is 0 Å². The third-order valence-electron chi connectivity index (χ3n) is 3.42. The molecule has 1 N–H and O–H groups in total. The van der Waals surface area contributed by atoms with Crippen molar-refractivity contribution >= 4 is 18.0 Å². The van der Waals surface area contributed by atoms with Crippen LogP contribution in [0.4, 0.5) is 0 Å². The van der Waals surface area contributed by atoms with Crippen molar-refractivity contribution in [2.75, 3.05) is 27.4 Å². The van der Waals surface area contributed by atoms with E-state index in [2.05, 4.69) is 9.47 Å². The van der Waals surface area contributed by atoms with Gasteiger partial charge in [-0.2, -0.15) is 0 Å². The van der Waals surface area contributed by atoms with Gasteiger partial charge >= 0.3 is 23.2 Å². The number of carbonyl (C=O) groups is 2. The van der Waals surface area contributed by atoms with Gasteiger partial charge in [0.15, 0.2) is 11.5 Å². The highest BCUT2D eigenvalue weighted by molar-refractivity contribution is 6.07. The van der Waals surface area contributed by atoms with Crippen LogP contribution >= 0.6 is 0 Å². The Labute approximate surface area is 155 Å². The summed E-state index contributed by atoms with van der Waals surface area (Å²) >= 11 is 0. The quantitative estimate of drug-likeness (QED) is 0.288. The standard InChI is InChI=1S/C17H21NO9/c1-5-26-15(19)17(21,16(20)27-6-2)14(18(22)23)10-11-7-8-12(24-3)13(9-11)25-4/h7-10,21H,5-6H2,1-4H3/b14-10+. The number of esters is 2. The van der Waals surface area contributed by atoms with E-state index in [1.54, 1.807) is 0 Å². The van der Waals surface area contributed by atoms with Crippen LogP contribution in [-0.4, -0.2) is 55.0 Å². The van der Waals surface area contributed by atoms with Gasteiger partial charge < -0.3 is 24.1 Å². The van der Waals surface area contributed by atoms with E-state index >= 15 is 0 Å². The molecular formula is C17H21NO9. The number of hydrogen-bond donors (Lipinski definition) is 1. The number of carbonyl (C=O) groups excluding carboxylic acids is 2. The lowest BCUT2D eigenvalue weighted by Crippen LogP contribution is -2.52. The molecule has 0 saturated carbocycles. The van der Waals surface area contributed by atoms with Gasteiger partial charge in [0.05, 0.1) is 32.4 Å². The predicted molar refractivity (Wildman–Crippen MR) is 92.7 cm³/mol. The van der Waals surface area contributed by atoms with Gasteiger partial charge in [-0.25, -0.2) is 9.59 Å². The molecule has 27 heavy (non-hydrogen) atoms. The van der Waals surface area contributed by atoms with Crippen molar-refractivity contribution in [1.82, 2.24) is 0 Å². The fourth-order valence-corrected chi connectivity index (χ4v) is 2.15. The molecule has 0 unspecified atom stereocenters. The molecule has 0 aliphatic heterocycles. The number of ether oxygens (including phenoxy) is 4. The molecule has 148 valence electrons. The first-order valence-corrected chi connectivity index (χ1v) is 7.91. The molecule has 0 fully saturated rings. The molecule has 0 spiro atoms. The normalized spacial score (nSPS) is 11.5. The maximum atomic E-state index is 12.2. The lowest BCUT2D eigenvalue weighted by Gasteiger charge is -2.21. The zero-order valence-corrected chi connectivity index (χ0v) is 15.4. The van der Waals surface area contributed by atoms with Crippen LogP contribution in [0.5, 0.6) is 11.5 Å². The molecule has 0 saturated heterocycles. The second kappa shape index (κ2) is 9.53. The van der Waals surface area contributed by atoms with Crippen LogP contribution in [0.3, 0.4) is 0 Å². The average molecular weight is 383 g/mol. The van der Waals surface area contributed by atoms with E-state index in [4.69, 9.17) is 9.47 Å². The Kier molecular flexibility index (Phi) is 7.73. The Balaban J connectivity index is 3.57. The summed E-state index contributed by atoms with van der Waals surface area (Å²) in [7, 11) is 2.78. The summed E-state index contributed by atoms with van der Waals surface area (Å²) in [6, 6.07) is 4.26. The van der Waals surface area contributed by atoms with E-state index in [-0.39, 0.29) is 24.5 Å². The van der Waals surface area contributed by atoms with E-state index < -0.39 is 28.2 Å². The molecule has 10 heteroatoms. The fraction of sp³-hybridized carbons (Fsp3) is 0.412. The van der Waals surface area contributed by atoms with Gasteiger partial charge in [-0.05, 0) is 31.5 Å². The fourth-order valence-electron chi connectivity index (χ4n) is 2.15. The summed E-state index contributed by atoms with van der Waals surface area (Å²) in [5.74, 6) is -2.40. The second-order valence-electron chi connectivity index (χ2n) is 5.05. The monoisotopic (exact) mass is 383 g/mol. The number of benzene rings is 1. The molecule has 1 aromatic carbocycles. The zero-order valence-electron chi connectivity index (χ0n) is 15.4. The van der Waals surface area contributed by atoms with Crippen LogP contribution in [0, 0.1) is 10.1 Å². The van der Waals surface area contributed by atoms with Gasteiger partial charge in [0.1, 0.15) is 0 Å². The molecule has 0 radical (unpaired) electrons. The maximum absolute atomic E-state index is 12.2. The number of nitrogens with zero attached hydrogens (tertiary/aromatic N) is 1. The van der Waals surface area contributed by atoms with Gasteiger partial charge in [0.25, 0.3) is 0 Å². The maximum Gasteiger partial charge on any atom is 0.361 e. The Hall–Kier alpha value is -3.14. The van der Waals surface area contributed by atoms with E-state index in [1.807, 2.05) is 0 Å². The van der Waals surface area contributed by atoms with Crippen LogP contribution < -0.4 is 9.47 Å². The highest BCUT2D eigenvalue weighted by atomic mass is 16.6. The molecule has 0 aromatic heterocycles. The first-order valence-electron chi connectivity index (χ1n) is 7.91. The smallest absolute Gasteiger partial charge is 0.361 e. The molecule has 1 rings (SSSR count). The van der Waals surface area contributed by atoms with Gasteiger partial charge in [-0.15, -0.1) is 0 Å². The Morgan fingerprint density at radius 1 is 1.11 bits per heavy atom. The molecule has 1 aromatic rings.